The standard InChI is InChI=1S/C25H31N5O2.HI/c1-3-27-25(28-15-20-6-4-5-7-23(20)30-12-11-26-18-30)29-16-21-9-8-19(2)14-24(21)32-22-10-13-31-17-22;/h4-9,11-12,14,18,22H,3,10,13,15-17H2,1-2H3,(H2,27,28,29);1H. The van der Waals surface area contributed by atoms with E-state index < -0.39 is 0 Å². The molecule has 2 N–H and O–H groups in total. The number of aryl methyl sites for hydroxylation is 1. The Hall–Kier alpha value is -2.59. The second-order valence-electron chi connectivity index (χ2n) is 7.86. The zero-order chi connectivity index (χ0) is 22.2. The highest BCUT2D eigenvalue weighted by Gasteiger charge is 2.18. The van der Waals surface area contributed by atoms with Crippen LogP contribution < -0.4 is 15.4 Å². The van der Waals surface area contributed by atoms with E-state index in [0.29, 0.717) is 19.7 Å². The van der Waals surface area contributed by atoms with Crippen LogP contribution in [0.3, 0.4) is 0 Å². The quantitative estimate of drug-likeness (QED) is 0.245. The van der Waals surface area contributed by atoms with E-state index in [4.69, 9.17) is 14.5 Å². The first-order valence-electron chi connectivity index (χ1n) is 11.1. The van der Waals surface area contributed by atoms with Gasteiger partial charge in [0.1, 0.15) is 11.9 Å². The molecule has 0 amide bonds. The van der Waals surface area contributed by atoms with Crippen molar-refractivity contribution in [3.05, 3.63) is 77.9 Å². The number of guanidine groups is 1. The maximum atomic E-state index is 6.22. The first kappa shape index (κ1) is 25.0. The summed E-state index contributed by atoms with van der Waals surface area (Å²) in [5.41, 5.74) is 4.50. The monoisotopic (exact) mass is 561 g/mol. The number of aliphatic imine (C=N–C) groups is 1. The number of nitrogens with zero attached hydrogens (tertiary/aromatic N) is 3. The van der Waals surface area contributed by atoms with E-state index in [1.807, 2.05) is 29.2 Å². The van der Waals surface area contributed by atoms with E-state index >= 15 is 0 Å². The number of nitrogens with one attached hydrogen (secondary N) is 2. The number of aromatic nitrogens is 2. The third kappa shape index (κ3) is 6.94. The van der Waals surface area contributed by atoms with Gasteiger partial charge in [0, 0.05) is 37.5 Å². The van der Waals surface area contributed by atoms with Crippen LogP contribution in [0.25, 0.3) is 5.69 Å². The molecule has 1 aromatic heterocycles. The molecular weight excluding hydrogens is 529 g/mol. The minimum atomic E-state index is 0. The normalized spacial score (nSPS) is 15.7. The molecule has 1 unspecified atom stereocenters. The number of hydrogen-bond acceptors (Lipinski definition) is 4. The molecule has 2 heterocycles. The molecule has 0 spiro atoms. The first-order chi connectivity index (χ1) is 15.7. The van der Waals surface area contributed by atoms with E-state index in [0.717, 1.165) is 48.1 Å². The Kier molecular flexibility index (Phi) is 9.56. The highest BCUT2D eigenvalue weighted by atomic mass is 127. The summed E-state index contributed by atoms with van der Waals surface area (Å²) in [7, 11) is 0. The van der Waals surface area contributed by atoms with Gasteiger partial charge in [-0.3, -0.25) is 0 Å². The lowest BCUT2D eigenvalue weighted by Gasteiger charge is -2.17. The summed E-state index contributed by atoms with van der Waals surface area (Å²) in [6, 6.07) is 14.6. The van der Waals surface area contributed by atoms with E-state index in [-0.39, 0.29) is 30.1 Å². The van der Waals surface area contributed by atoms with Crippen LogP contribution in [0.2, 0.25) is 0 Å². The van der Waals surface area contributed by atoms with E-state index in [2.05, 4.69) is 59.8 Å². The molecule has 33 heavy (non-hydrogen) atoms. The number of benzene rings is 2. The van der Waals surface area contributed by atoms with Crippen LogP contribution in [-0.4, -0.2) is 41.4 Å². The van der Waals surface area contributed by atoms with Gasteiger partial charge in [-0.05, 0) is 37.1 Å². The van der Waals surface area contributed by atoms with Crippen molar-refractivity contribution in [1.82, 2.24) is 20.2 Å². The van der Waals surface area contributed by atoms with Crippen LogP contribution in [-0.2, 0) is 17.8 Å². The van der Waals surface area contributed by atoms with Crippen LogP contribution in [0.4, 0.5) is 0 Å². The molecule has 1 saturated heterocycles. The fraction of sp³-hybridized carbons (Fsp3) is 0.360. The maximum Gasteiger partial charge on any atom is 0.191 e. The van der Waals surface area contributed by atoms with Gasteiger partial charge in [0.25, 0.3) is 0 Å². The summed E-state index contributed by atoms with van der Waals surface area (Å²) in [5.74, 6) is 1.66. The van der Waals surface area contributed by atoms with E-state index in [9.17, 15) is 0 Å². The first-order valence-corrected chi connectivity index (χ1v) is 11.1. The number of imidazole rings is 1. The maximum absolute atomic E-state index is 6.22. The second-order valence-corrected chi connectivity index (χ2v) is 7.86. The minimum Gasteiger partial charge on any atom is -0.488 e. The molecule has 3 aromatic rings. The number of hydrogen-bond donors (Lipinski definition) is 2. The summed E-state index contributed by atoms with van der Waals surface area (Å²) in [6.45, 7) is 7.52. The highest BCUT2D eigenvalue weighted by Crippen LogP contribution is 2.24. The van der Waals surface area contributed by atoms with Crippen LogP contribution in [0.5, 0.6) is 5.75 Å². The number of rotatable bonds is 8. The third-order valence-corrected chi connectivity index (χ3v) is 5.38. The number of para-hydroxylation sites is 1. The predicted octanol–water partition coefficient (Wildman–Crippen LogP) is 4.22. The zero-order valence-electron chi connectivity index (χ0n) is 19.2. The van der Waals surface area contributed by atoms with Gasteiger partial charge in [-0.15, -0.1) is 24.0 Å². The molecule has 1 aliphatic heterocycles. The minimum absolute atomic E-state index is 0. The van der Waals surface area contributed by atoms with E-state index in [1.54, 1.807) is 6.20 Å². The fourth-order valence-electron chi connectivity index (χ4n) is 3.69. The smallest absolute Gasteiger partial charge is 0.191 e. The molecule has 1 fully saturated rings. The summed E-state index contributed by atoms with van der Waals surface area (Å²) < 4.78 is 13.7. The van der Waals surface area contributed by atoms with Crippen molar-refractivity contribution in [1.29, 1.82) is 0 Å². The number of halogens is 1. The van der Waals surface area contributed by atoms with Gasteiger partial charge in [0.2, 0.25) is 0 Å². The van der Waals surface area contributed by atoms with Gasteiger partial charge in [0.05, 0.1) is 31.8 Å². The topological polar surface area (TPSA) is 72.7 Å². The predicted molar refractivity (Wildman–Crippen MR) is 142 cm³/mol. The Bertz CT molecular complexity index is 1030. The summed E-state index contributed by atoms with van der Waals surface area (Å²) in [6.07, 6.45) is 6.59. The Morgan fingerprint density at radius 3 is 2.85 bits per heavy atom. The molecular formula is C25H32IN5O2. The van der Waals surface area contributed by atoms with Crippen molar-refractivity contribution in [2.24, 2.45) is 4.99 Å². The van der Waals surface area contributed by atoms with Crippen molar-refractivity contribution >= 4 is 29.9 Å². The Labute approximate surface area is 212 Å². The molecule has 0 radical (unpaired) electrons. The SMILES string of the molecule is CCNC(=NCc1ccc(C)cc1OC1CCOC1)NCc1ccccc1-n1ccnc1.I. The number of ether oxygens (including phenoxy) is 2. The average Bonchev–Trinajstić information content (AvgIpc) is 3.51. The second kappa shape index (κ2) is 12.6. The summed E-state index contributed by atoms with van der Waals surface area (Å²) >= 11 is 0. The summed E-state index contributed by atoms with van der Waals surface area (Å²) in [4.78, 5) is 8.99. The Balaban J connectivity index is 0.00000306. The molecule has 2 aromatic carbocycles. The lowest BCUT2D eigenvalue weighted by Crippen LogP contribution is -2.37. The summed E-state index contributed by atoms with van der Waals surface area (Å²) in [5, 5.41) is 6.80. The van der Waals surface area contributed by atoms with Crippen molar-refractivity contribution in [2.45, 2.75) is 39.5 Å². The highest BCUT2D eigenvalue weighted by molar-refractivity contribution is 14.0. The molecule has 7 nitrogen and oxygen atoms in total. The van der Waals surface area contributed by atoms with Crippen LogP contribution in [0.15, 0.2) is 66.2 Å². The molecule has 1 aliphatic rings. The van der Waals surface area contributed by atoms with Gasteiger partial charge in [-0.2, -0.15) is 0 Å². The van der Waals surface area contributed by atoms with Crippen molar-refractivity contribution in [3.63, 3.8) is 0 Å². The lowest BCUT2D eigenvalue weighted by molar-refractivity contribution is 0.140. The fourth-order valence-corrected chi connectivity index (χ4v) is 3.69. The molecule has 1 atom stereocenters. The molecule has 176 valence electrons. The zero-order valence-corrected chi connectivity index (χ0v) is 21.5. The van der Waals surface area contributed by atoms with Crippen LogP contribution >= 0.6 is 24.0 Å². The van der Waals surface area contributed by atoms with Crippen LogP contribution in [0.1, 0.15) is 30.0 Å². The largest absolute Gasteiger partial charge is 0.488 e. The van der Waals surface area contributed by atoms with Crippen LogP contribution in [0, 0.1) is 6.92 Å². The molecule has 4 rings (SSSR count). The van der Waals surface area contributed by atoms with E-state index in [1.165, 1.54) is 5.56 Å². The Morgan fingerprint density at radius 1 is 1.21 bits per heavy atom. The lowest BCUT2D eigenvalue weighted by atomic mass is 10.1. The molecule has 8 heteroatoms. The third-order valence-electron chi connectivity index (χ3n) is 5.38. The van der Waals surface area contributed by atoms with Gasteiger partial charge in [-0.25, -0.2) is 9.98 Å². The van der Waals surface area contributed by atoms with Gasteiger partial charge >= 0.3 is 0 Å². The van der Waals surface area contributed by atoms with Crippen molar-refractivity contribution in [2.75, 3.05) is 19.8 Å². The molecule has 0 bridgehead atoms. The van der Waals surface area contributed by atoms with Crippen molar-refractivity contribution < 1.29 is 9.47 Å². The van der Waals surface area contributed by atoms with Crippen molar-refractivity contribution in [3.8, 4) is 11.4 Å². The average molecular weight is 561 g/mol. The molecule has 0 aliphatic carbocycles. The van der Waals surface area contributed by atoms with Gasteiger partial charge in [-0.1, -0.05) is 30.3 Å². The Morgan fingerprint density at radius 2 is 2.09 bits per heavy atom. The van der Waals surface area contributed by atoms with Gasteiger partial charge < -0.3 is 24.7 Å². The molecule has 0 saturated carbocycles. The van der Waals surface area contributed by atoms with Gasteiger partial charge in [0.15, 0.2) is 5.96 Å².